The van der Waals surface area contributed by atoms with Crippen LogP contribution in [0.3, 0.4) is 0 Å². The molecule has 0 amide bonds. The molecular weight excluding hydrogens is 476 g/mol. The number of furan rings is 1. The Morgan fingerprint density at radius 1 is 0.757 bits per heavy atom. The van der Waals surface area contributed by atoms with Crippen LogP contribution in [0.4, 0.5) is 0 Å². The SMILES string of the molecule is C=CC(=O)O/C=C\Oc1ccc(-c2ccc(-c3ccc(OC(=O)C(=C)C)c(OC(=O)C(=C)C)c3)o2)cc1. The van der Waals surface area contributed by atoms with E-state index in [0.717, 1.165) is 17.9 Å². The zero-order valence-electron chi connectivity index (χ0n) is 20.3. The summed E-state index contributed by atoms with van der Waals surface area (Å²) < 4.78 is 26.7. The van der Waals surface area contributed by atoms with E-state index in [1.807, 2.05) is 0 Å². The minimum absolute atomic E-state index is 0.0337. The highest BCUT2D eigenvalue weighted by molar-refractivity contribution is 5.91. The number of benzene rings is 2. The lowest BCUT2D eigenvalue weighted by atomic mass is 10.1. The van der Waals surface area contributed by atoms with E-state index in [9.17, 15) is 14.4 Å². The lowest BCUT2D eigenvalue weighted by molar-refractivity contribution is -0.132. The van der Waals surface area contributed by atoms with Gasteiger partial charge in [0.25, 0.3) is 0 Å². The van der Waals surface area contributed by atoms with Gasteiger partial charge in [-0.05, 0) is 68.4 Å². The topological polar surface area (TPSA) is 101 Å². The van der Waals surface area contributed by atoms with Crippen molar-refractivity contribution in [2.24, 2.45) is 0 Å². The first-order valence-electron chi connectivity index (χ1n) is 10.9. The van der Waals surface area contributed by atoms with Gasteiger partial charge in [-0.3, -0.25) is 0 Å². The molecule has 2 aromatic carbocycles. The molecule has 3 aromatic rings. The minimum atomic E-state index is -0.666. The second-order valence-electron chi connectivity index (χ2n) is 7.72. The summed E-state index contributed by atoms with van der Waals surface area (Å²) in [6.07, 6.45) is 3.39. The minimum Gasteiger partial charge on any atom is -0.462 e. The molecule has 37 heavy (non-hydrogen) atoms. The summed E-state index contributed by atoms with van der Waals surface area (Å²) in [7, 11) is 0. The van der Waals surface area contributed by atoms with Crippen LogP contribution in [0.2, 0.25) is 0 Å². The molecule has 0 fully saturated rings. The van der Waals surface area contributed by atoms with Crippen LogP contribution in [0.25, 0.3) is 22.6 Å². The van der Waals surface area contributed by atoms with Crippen LogP contribution in [0, 0.1) is 0 Å². The quantitative estimate of drug-likeness (QED) is 0.141. The molecule has 8 nitrogen and oxygen atoms in total. The van der Waals surface area contributed by atoms with Gasteiger partial charge in [0.05, 0.1) is 0 Å². The standard InChI is InChI=1S/C29H24O8/c1-6-27(30)34-16-15-33-22-10-7-20(8-11-22)23-13-14-24(35-23)21-9-12-25(36-28(31)18(2)3)26(17-21)37-29(32)19(4)5/h6-17H,1-2,4H2,3,5H3/b16-15-. The van der Waals surface area contributed by atoms with Crippen molar-refractivity contribution in [3.8, 4) is 39.9 Å². The molecule has 1 heterocycles. The molecule has 0 radical (unpaired) electrons. The summed E-state index contributed by atoms with van der Waals surface area (Å²) in [4.78, 5) is 35.1. The van der Waals surface area contributed by atoms with E-state index in [0.29, 0.717) is 22.8 Å². The number of hydrogen-bond acceptors (Lipinski definition) is 8. The monoisotopic (exact) mass is 500 g/mol. The van der Waals surface area contributed by atoms with Crippen LogP contribution in [0.1, 0.15) is 13.8 Å². The largest absolute Gasteiger partial charge is 0.462 e. The molecule has 0 saturated heterocycles. The van der Waals surface area contributed by atoms with Gasteiger partial charge >= 0.3 is 17.9 Å². The number of ether oxygens (including phenoxy) is 4. The highest BCUT2D eigenvalue weighted by atomic mass is 16.6. The predicted octanol–water partition coefficient (Wildman–Crippen LogP) is 6.16. The summed E-state index contributed by atoms with van der Waals surface area (Å²) in [5.41, 5.74) is 1.75. The van der Waals surface area contributed by atoms with Crippen molar-refractivity contribution in [1.82, 2.24) is 0 Å². The molecule has 0 aliphatic heterocycles. The first-order valence-corrected chi connectivity index (χ1v) is 10.9. The van der Waals surface area contributed by atoms with Gasteiger partial charge in [-0.1, -0.05) is 19.7 Å². The molecule has 1 aromatic heterocycles. The van der Waals surface area contributed by atoms with E-state index in [2.05, 4.69) is 19.7 Å². The molecular formula is C29H24O8. The second kappa shape index (κ2) is 12.0. The first-order chi connectivity index (χ1) is 17.7. The number of carbonyl (C=O) groups is 3. The Bertz CT molecular complexity index is 1390. The van der Waals surface area contributed by atoms with Crippen LogP contribution in [-0.2, 0) is 19.1 Å². The summed E-state index contributed by atoms with van der Waals surface area (Å²) in [5.74, 6) is -0.226. The van der Waals surface area contributed by atoms with E-state index in [1.165, 1.54) is 32.2 Å². The van der Waals surface area contributed by atoms with Crippen molar-refractivity contribution >= 4 is 17.9 Å². The zero-order valence-corrected chi connectivity index (χ0v) is 20.3. The van der Waals surface area contributed by atoms with Gasteiger partial charge in [0.15, 0.2) is 11.5 Å². The summed E-state index contributed by atoms with van der Waals surface area (Å²) in [5, 5.41) is 0. The van der Waals surface area contributed by atoms with Crippen molar-refractivity contribution in [2.75, 3.05) is 0 Å². The highest BCUT2D eigenvalue weighted by Crippen LogP contribution is 2.36. The Kier molecular flexibility index (Phi) is 8.62. The van der Waals surface area contributed by atoms with E-state index >= 15 is 0 Å². The van der Waals surface area contributed by atoms with Crippen molar-refractivity contribution in [3.05, 3.63) is 104 Å². The maximum atomic E-state index is 12.1. The summed E-state index contributed by atoms with van der Waals surface area (Å²) in [6, 6.07) is 15.3. The Balaban J connectivity index is 1.80. The van der Waals surface area contributed by atoms with Crippen molar-refractivity contribution in [2.45, 2.75) is 13.8 Å². The lowest BCUT2D eigenvalue weighted by Gasteiger charge is -2.12. The molecule has 188 valence electrons. The van der Waals surface area contributed by atoms with Gasteiger partial charge in [0, 0.05) is 28.3 Å². The molecule has 0 bridgehead atoms. The number of esters is 3. The molecule has 0 aliphatic rings. The third kappa shape index (κ3) is 7.19. The molecule has 0 saturated carbocycles. The molecule has 0 unspecified atom stereocenters. The molecule has 8 heteroatoms. The van der Waals surface area contributed by atoms with E-state index < -0.39 is 17.9 Å². The van der Waals surface area contributed by atoms with Crippen LogP contribution in [0.5, 0.6) is 17.2 Å². The van der Waals surface area contributed by atoms with Crippen LogP contribution in [0.15, 0.2) is 108 Å². The first kappa shape index (κ1) is 26.5. The highest BCUT2D eigenvalue weighted by Gasteiger charge is 2.17. The van der Waals surface area contributed by atoms with Crippen LogP contribution < -0.4 is 14.2 Å². The molecule has 3 rings (SSSR count). The zero-order chi connectivity index (χ0) is 26.9. The smallest absolute Gasteiger partial charge is 0.338 e. The van der Waals surface area contributed by atoms with E-state index in [-0.39, 0.29) is 22.6 Å². The fraction of sp³-hybridized carbons (Fsp3) is 0.0690. The van der Waals surface area contributed by atoms with Crippen molar-refractivity contribution < 1.29 is 37.7 Å². The van der Waals surface area contributed by atoms with Gasteiger partial charge in [-0.25, -0.2) is 14.4 Å². The number of hydrogen-bond donors (Lipinski definition) is 0. The third-order valence-electron chi connectivity index (χ3n) is 4.69. The molecule has 0 atom stereocenters. The Labute approximate surface area is 213 Å². The third-order valence-corrected chi connectivity index (χ3v) is 4.69. The Morgan fingerprint density at radius 2 is 1.32 bits per heavy atom. The molecule has 0 spiro atoms. The summed E-state index contributed by atoms with van der Waals surface area (Å²) >= 11 is 0. The van der Waals surface area contributed by atoms with Gasteiger partial charge in [-0.15, -0.1) is 0 Å². The number of carbonyl (C=O) groups excluding carboxylic acids is 3. The van der Waals surface area contributed by atoms with Crippen molar-refractivity contribution in [1.29, 1.82) is 0 Å². The maximum Gasteiger partial charge on any atom is 0.338 e. The second-order valence-corrected chi connectivity index (χ2v) is 7.72. The average molecular weight is 501 g/mol. The average Bonchev–Trinajstić information content (AvgIpc) is 3.38. The van der Waals surface area contributed by atoms with Gasteiger partial charge in [-0.2, -0.15) is 0 Å². The Morgan fingerprint density at radius 3 is 1.92 bits per heavy atom. The van der Waals surface area contributed by atoms with Gasteiger partial charge in [0.2, 0.25) is 0 Å². The van der Waals surface area contributed by atoms with Crippen LogP contribution in [-0.4, -0.2) is 17.9 Å². The van der Waals surface area contributed by atoms with Gasteiger partial charge in [0.1, 0.15) is 29.8 Å². The van der Waals surface area contributed by atoms with Crippen molar-refractivity contribution in [3.63, 3.8) is 0 Å². The Hall–Kier alpha value is -5.11. The predicted molar refractivity (Wildman–Crippen MR) is 137 cm³/mol. The number of rotatable bonds is 10. The maximum absolute atomic E-state index is 12.1. The molecule has 0 N–H and O–H groups in total. The summed E-state index contributed by atoms with van der Waals surface area (Å²) in [6.45, 7) is 13.4. The van der Waals surface area contributed by atoms with E-state index in [1.54, 1.807) is 42.5 Å². The van der Waals surface area contributed by atoms with Gasteiger partial charge < -0.3 is 23.4 Å². The van der Waals surface area contributed by atoms with Crippen LogP contribution >= 0.6 is 0 Å². The normalized spacial score (nSPS) is 10.4. The molecule has 0 aliphatic carbocycles. The fourth-order valence-electron chi connectivity index (χ4n) is 2.79. The lowest BCUT2D eigenvalue weighted by Crippen LogP contribution is -2.12. The van der Waals surface area contributed by atoms with E-state index in [4.69, 9.17) is 23.4 Å². The fourth-order valence-corrected chi connectivity index (χ4v) is 2.79.